The van der Waals surface area contributed by atoms with Crippen LogP contribution in [0.5, 0.6) is 0 Å². The summed E-state index contributed by atoms with van der Waals surface area (Å²) in [7, 11) is 4.14. The van der Waals surface area contributed by atoms with Crippen LogP contribution in [-0.2, 0) is 0 Å². The van der Waals surface area contributed by atoms with Crippen LogP contribution in [0.25, 0.3) is 0 Å². The Kier molecular flexibility index (Phi) is 4.22. The van der Waals surface area contributed by atoms with Crippen molar-refractivity contribution in [2.45, 2.75) is 11.9 Å². The molecule has 0 aliphatic heterocycles. The third-order valence-corrected chi connectivity index (χ3v) is 2.80. The van der Waals surface area contributed by atoms with Gasteiger partial charge in [-0.05, 0) is 33.2 Å². The van der Waals surface area contributed by atoms with Gasteiger partial charge in [0.1, 0.15) is 0 Å². The topological polar surface area (TPSA) is 42.2 Å². The predicted octanol–water partition coefficient (Wildman–Crippen LogP) is 1.63. The summed E-state index contributed by atoms with van der Waals surface area (Å²) in [6.45, 7) is 3.00. The van der Waals surface area contributed by atoms with Gasteiger partial charge in [-0.2, -0.15) is 0 Å². The number of thioether (sulfide) groups is 1. The van der Waals surface area contributed by atoms with E-state index in [4.69, 9.17) is 5.73 Å². The fourth-order valence-corrected chi connectivity index (χ4v) is 1.99. The van der Waals surface area contributed by atoms with Crippen molar-refractivity contribution in [2.24, 2.45) is 0 Å². The quantitative estimate of drug-likeness (QED) is 0.769. The standard InChI is InChI=1S/C10H17N3S/c1-8-9(11)4-5-10(12-8)14-7-6-13(2)3/h4-5H,6-7,11H2,1-3H3. The van der Waals surface area contributed by atoms with Gasteiger partial charge in [0.15, 0.2) is 0 Å². The van der Waals surface area contributed by atoms with Gasteiger partial charge in [-0.15, -0.1) is 11.8 Å². The highest BCUT2D eigenvalue weighted by Crippen LogP contribution is 2.18. The molecule has 0 unspecified atom stereocenters. The van der Waals surface area contributed by atoms with Gasteiger partial charge in [0, 0.05) is 12.3 Å². The molecule has 0 atom stereocenters. The van der Waals surface area contributed by atoms with Crippen LogP contribution < -0.4 is 5.73 Å². The summed E-state index contributed by atoms with van der Waals surface area (Å²) < 4.78 is 0. The Morgan fingerprint density at radius 2 is 2.14 bits per heavy atom. The van der Waals surface area contributed by atoms with E-state index in [0.29, 0.717) is 0 Å². The van der Waals surface area contributed by atoms with Crippen LogP contribution in [0.1, 0.15) is 5.69 Å². The van der Waals surface area contributed by atoms with Gasteiger partial charge in [0.05, 0.1) is 16.4 Å². The summed E-state index contributed by atoms with van der Waals surface area (Å²) in [6, 6.07) is 3.89. The molecule has 0 aliphatic rings. The lowest BCUT2D eigenvalue weighted by molar-refractivity contribution is 0.437. The molecule has 1 heterocycles. The molecule has 0 bridgehead atoms. The summed E-state index contributed by atoms with van der Waals surface area (Å²) >= 11 is 1.76. The van der Waals surface area contributed by atoms with Crippen molar-refractivity contribution in [3.63, 3.8) is 0 Å². The summed E-state index contributed by atoms with van der Waals surface area (Å²) in [5, 5.41) is 1.05. The van der Waals surface area contributed by atoms with Gasteiger partial charge < -0.3 is 10.6 Å². The van der Waals surface area contributed by atoms with Crippen molar-refractivity contribution in [3.8, 4) is 0 Å². The number of nitrogen functional groups attached to an aromatic ring is 1. The fraction of sp³-hybridized carbons (Fsp3) is 0.500. The molecular weight excluding hydrogens is 194 g/mol. The first-order chi connectivity index (χ1) is 6.59. The number of nitrogens with two attached hydrogens (primary N) is 1. The Morgan fingerprint density at radius 1 is 1.43 bits per heavy atom. The number of pyridine rings is 1. The molecule has 2 N–H and O–H groups in total. The molecule has 14 heavy (non-hydrogen) atoms. The maximum atomic E-state index is 5.69. The highest BCUT2D eigenvalue weighted by molar-refractivity contribution is 7.99. The Bertz CT molecular complexity index is 299. The van der Waals surface area contributed by atoms with Gasteiger partial charge >= 0.3 is 0 Å². The van der Waals surface area contributed by atoms with Crippen LogP contribution in [0.15, 0.2) is 17.2 Å². The minimum Gasteiger partial charge on any atom is -0.397 e. The third kappa shape index (κ3) is 3.55. The van der Waals surface area contributed by atoms with E-state index >= 15 is 0 Å². The zero-order valence-corrected chi connectivity index (χ0v) is 9.77. The van der Waals surface area contributed by atoms with Gasteiger partial charge in [-0.25, -0.2) is 4.98 Å². The number of aryl methyl sites for hydroxylation is 1. The third-order valence-electron chi connectivity index (χ3n) is 1.89. The summed E-state index contributed by atoms with van der Waals surface area (Å²) in [5.74, 6) is 1.06. The monoisotopic (exact) mass is 211 g/mol. The first-order valence-electron chi connectivity index (χ1n) is 4.60. The van der Waals surface area contributed by atoms with Gasteiger partial charge in [-0.3, -0.25) is 0 Å². The van der Waals surface area contributed by atoms with Crippen molar-refractivity contribution in [2.75, 3.05) is 32.1 Å². The molecule has 0 saturated heterocycles. The minimum absolute atomic E-state index is 0.766. The fourth-order valence-electron chi connectivity index (χ4n) is 0.962. The molecular formula is C10H17N3S. The van der Waals surface area contributed by atoms with E-state index in [1.807, 2.05) is 19.1 Å². The SMILES string of the molecule is Cc1nc(SCCN(C)C)ccc1N. The first kappa shape index (κ1) is 11.3. The van der Waals surface area contributed by atoms with E-state index < -0.39 is 0 Å². The second-order valence-electron chi connectivity index (χ2n) is 3.48. The second kappa shape index (κ2) is 5.22. The van der Waals surface area contributed by atoms with E-state index in [1.165, 1.54) is 0 Å². The lowest BCUT2D eigenvalue weighted by atomic mass is 10.3. The molecule has 78 valence electrons. The number of nitrogens with zero attached hydrogens (tertiary/aromatic N) is 2. The lowest BCUT2D eigenvalue weighted by Crippen LogP contribution is -2.14. The van der Waals surface area contributed by atoms with Gasteiger partial charge in [0.25, 0.3) is 0 Å². The van der Waals surface area contributed by atoms with Crippen molar-refractivity contribution in [1.29, 1.82) is 0 Å². The predicted molar refractivity (Wildman–Crippen MR) is 62.7 cm³/mol. The normalized spacial score (nSPS) is 10.9. The van der Waals surface area contributed by atoms with Gasteiger partial charge in [0.2, 0.25) is 0 Å². The second-order valence-corrected chi connectivity index (χ2v) is 4.59. The largest absolute Gasteiger partial charge is 0.397 e. The highest BCUT2D eigenvalue weighted by Gasteiger charge is 1.99. The van der Waals surface area contributed by atoms with Crippen LogP contribution in [0.4, 0.5) is 5.69 Å². The molecule has 3 nitrogen and oxygen atoms in total. The van der Waals surface area contributed by atoms with Crippen molar-refractivity contribution in [1.82, 2.24) is 9.88 Å². The maximum Gasteiger partial charge on any atom is 0.0965 e. The molecule has 0 aromatic carbocycles. The zero-order chi connectivity index (χ0) is 10.6. The first-order valence-corrected chi connectivity index (χ1v) is 5.59. The van der Waals surface area contributed by atoms with Crippen LogP contribution in [-0.4, -0.2) is 36.3 Å². The average molecular weight is 211 g/mol. The van der Waals surface area contributed by atoms with Crippen LogP contribution in [0.3, 0.4) is 0 Å². The Morgan fingerprint density at radius 3 is 2.71 bits per heavy atom. The van der Waals surface area contributed by atoms with E-state index in [2.05, 4.69) is 24.0 Å². The van der Waals surface area contributed by atoms with Crippen LogP contribution >= 0.6 is 11.8 Å². The average Bonchev–Trinajstić information content (AvgIpc) is 2.10. The molecule has 0 fully saturated rings. The maximum absolute atomic E-state index is 5.69. The Labute approximate surface area is 89.7 Å². The number of hydrogen-bond acceptors (Lipinski definition) is 4. The molecule has 0 aliphatic carbocycles. The van der Waals surface area contributed by atoms with Crippen molar-refractivity contribution in [3.05, 3.63) is 17.8 Å². The Balaban J connectivity index is 2.47. The molecule has 0 amide bonds. The highest BCUT2D eigenvalue weighted by atomic mass is 32.2. The van der Waals surface area contributed by atoms with E-state index in [0.717, 1.165) is 28.7 Å². The van der Waals surface area contributed by atoms with E-state index in [-0.39, 0.29) is 0 Å². The van der Waals surface area contributed by atoms with Crippen LogP contribution in [0.2, 0.25) is 0 Å². The molecule has 1 rings (SSSR count). The molecule has 0 saturated carbocycles. The number of aromatic nitrogens is 1. The van der Waals surface area contributed by atoms with E-state index in [9.17, 15) is 0 Å². The molecule has 0 radical (unpaired) electrons. The molecule has 1 aromatic heterocycles. The van der Waals surface area contributed by atoms with Gasteiger partial charge in [-0.1, -0.05) is 0 Å². The lowest BCUT2D eigenvalue weighted by Gasteiger charge is -2.08. The smallest absolute Gasteiger partial charge is 0.0965 e. The summed E-state index contributed by atoms with van der Waals surface area (Å²) in [4.78, 5) is 6.55. The Hall–Kier alpha value is -0.740. The van der Waals surface area contributed by atoms with Crippen LogP contribution in [0, 0.1) is 6.92 Å². The number of anilines is 1. The zero-order valence-electron chi connectivity index (χ0n) is 8.95. The van der Waals surface area contributed by atoms with Crippen molar-refractivity contribution < 1.29 is 0 Å². The summed E-state index contributed by atoms with van der Waals surface area (Å²) in [5.41, 5.74) is 7.37. The number of hydrogen-bond donors (Lipinski definition) is 1. The molecule has 0 spiro atoms. The molecule has 4 heteroatoms. The van der Waals surface area contributed by atoms with Crippen molar-refractivity contribution >= 4 is 17.4 Å². The summed E-state index contributed by atoms with van der Waals surface area (Å²) in [6.07, 6.45) is 0. The number of rotatable bonds is 4. The molecule has 1 aromatic rings. The van der Waals surface area contributed by atoms with E-state index in [1.54, 1.807) is 11.8 Å². The minimum atomic E-state index is 0.766.